The Labute approximate surface area is 145 Å². The van der Waals surface area contributed by atoms with Gasteiger partial charge in [0.1, 0.15) is 5.82 Å². The van der Waals surface area contributed by atoms with E-state index in [2.05, 4.69) is 14.8 Å². The number of nitrogens with zero attached hydrogens (tertiary/aromatic N) is 5. The zero-order valence-corrected chi connectivity index (χ0v) is 15.6. The van der Waals surface area contributed by atoms with Gasteiger partial charge in [-0.15, -0.1) is 0 Å². The monoisotopic (exact) mass is 355 g/mol. The molecule has 3 rings (SSSR count). The van der Waals surface area contributed by atoms with Gasteiger partial charge in [-0.1, -0.05) is 6.42 Å². The van der Waals surface area contributed by atoms with Crippen LogP contribution in [0.3, 0.4) is 0 Å². The Kier molecular flexibility index (Phi) is 5.59. The van der Waals surface area contributed by atoms with Gasteiger partial charge in [0.15, 0.2) is 5.03 Å². The molecule has 3 heterocycles. The van der Waals surface area contributed by atoms with E-state index >= 15 is 0 Å². The highest BCUT2D eigenvalue weighted by molar-refractivity contribution is 7.89. The standard InChI is InChI=1S/C16H29N5O2S/c1-15-17-16(14-18(15)2)24(22,23)21-12-10-20(11-13-21)9-8-19-6-4-3-5-7-19/h14H,3-13H2,1-2H3. The first kappa shape index (κ1) is 17.8. The van der Waals surface area contributed by atoms with Gasteiger partial charge in [-0.2, -0.15) is 4.31 Å². The summed E-state index contributed by atoms with van der Waals surface area (Å²) >= 11 is 0. The number of sulfonamides is 1. The number of aromatic nitrogens is 2. The second kappa shape index (κ2) is 7.51. The fourth-order valence-corrected chi connectivity index (χ4v) is 4.89. The minimum atomic E-state index is -3.46. The van der Waals surface area contributed by atoms with Crippen molar-refractivity contribution >= 4 is 10.0 Å². The summed E-state index contributed by atoms with van der Waals surface area (Å²) in [4.78, 5) is 9.10. The summed E-state index contributed by atoms with van der Waals surface area (Å²) in [5, 5.41) is 0.171. The molecule has 0 N–H and O–H groups in total. The van der Waals surface area contributed by atoms with Crippen molar-refractivity contribution in [3.05, 3.63) is 12.0 Å². The molecule has 2 aliphatic heterocycles. The van der Waals surface area contributed by atoms with E-state index < -0.39 is 10.0 Å². The van der Waals surface area contributed by atoms with Gasteiger partial charge in [0.2, 0.25) is 0 Å². The Balaban J connectivity index is 1.50. The third-order valence-electron chi connectivity index (χ3n) is 5.20. The van der Waals surface area contributed by atoms with Gasteiger partial charge < -0.3 is 9.47 Å². The third-order valence-corrected chi connectivity index (χ3v) is 6.97. The number of aryl methyl sites for hydroxylation is 2. The third kappa shape index (κ3) is 3.99. The van der Waals surface area contributed by atoms with Crippen LogP contribution in [0.25, 0.3) is 0 Å². The largest absolute Gasteiger partial charge is 0.337 e. The molecule has 136 valence electrons. The lowest BCUT2D eigenvalue weighted by molar-refractivity contribution is 0.149. The van der Waals surface area contributed by atoms with Crippen molar-refractivity contribution in [2.75, 3.05) is 52.4 Å². The van der Waals surface area contributed by atoms with Crippen molar-refractivity contribution in [3.8, 4) is 0 Å². The smallest absolute Gasteiger partial charge is 0.262 e. The van der Waals surface area contributed by atoms with Crippen LogP contribution >= 0.6 is 0 Å². The number of piperidine rings is 1. The van der Waals surface area contributed by atoms with Crippen molar-refractivity contribution < 1.29 is 8.42 Å². The molecule has 2 aliphatic rings. The van der Waals surface area contributed by atoms with Crippen LogP contribution < -0.4 is 0 Å². The minimum Gasteiger partial charge on any atom is -0.337 e. The number of hydrogen-bond donors (Lipinski definition) is 0. The lowest BCUT2D eigenvalue weighted by atomic mass is 10.1. The minimum absolute atomic E-state index is 0.171. The molecule has 0 amide bonds. The predicted octanol–water partition coefficient (Wildman–Crippen LogP) is 0.521. The Morgan fingerprint density at radius 3 is 2.08 bits per heavy atom. The molecule has 1 aromatic rings. The fourth-order valence-electron chi connectivity index (χ4n) is 3.44. The quantitative estimate of drug-likeness (QED) is 0.771. The first-order valence-electron chi connectivity index (χ1n) is 8.91. The number of piperazine rings is 1. The van der Waals surface area contributed by atoms with Crippen LogP contribution in [-0.2, 0) is 17.1 Å². The number of hydrogen-bond acceptors (Lipinski definition) is 5. The van der Waals surface area contributed by atoms with Gasteiger partial charge in [-0.3, -0.25) is 4.90 Å². The Hall–Kier alpha value is -0.960. The van der Waals surface area contributed by atoms with E-state index in [1.807, 2.05) is 14.0 Å². The molecule has 0 unspecified atom stereocenters. The van der Waals surface area contributed by atoms with Gasteiger partial charge in [-0.05, 0) is 32.9 Å². The van der Waals surface area contributed by atoms with E-state index in [-0.39, 0.29) is 5.03 Å². The molecule has 2 saturated heterocycles. The van der Waals surface area contributed by atoms with Crippen molar-refractivity contribution in [1.82, 2.24) is 23.7 Å². The first-order chi connectivity index (χ1) is 11.5. The number of likely N-dealkylation sites (tertiary alicyclic amines) is 1. The van der Waals surface area contributed by atoms with Crippen LogP contribution in [0.4, 0.5) is 0 Å². The second-order valence-corrected chi connectivity index (χ2v) is 8.77. The summed E-state index contributed by atoms with van der Waals surface area (Å²) < 4.78 is 28.7. The van der Waals surface area contributed by atoms with Crippen LogP contribution in [0.2, 0.25) is 0 Å². The highest BCUT2D eigenvalue weighted by atomic mass is 32.2. The molecule has 24 heavy (non-hydrogen) atoms. The molecule has 2 fully saturated rings. The maximum atomic E-state index is 12.7. The van der Waals surface area contributed by atoms with Gasteiger partial charge >= 0.3 is 0 Å². The van der Waals surface area contributed by atoms with E-state index in [0.29, 0.717) is 18.9 Å². The highest BCUT2D eigenvalue weighted by Crippen LogP contribution is 2.17. The van der Waals surface area contributed by atoms with E-state index in [0.717, 1.165) is 26.2 Å². The van der Waals surface area contributed by atoms with Gasteiger partial charge in [0.05, 0.1) is 0 Å². The van der Waals surface area contributed by atoms with Gasteiger partial charge in [-0.25, -0.2) is 13.4 Å². The van der Waals surface area contributed by atoms with Crippen LogP contribution in [0.15, 0.2) is 11.2 Å². The topological polar surface area (TPSA) is 61.7 Å². The average molecular weight is 356 g/mol. The van der Waals surface area contributed by atoms with Gasteiger partial charge in [0, 0.05) is 52.5 Å². The van der Waals surface area contributed by atoms with E-state index in [4.69, 9.17) is 0 Å². The van der Waals surface area contributed by atoms with Crippen molar-refractivity contribution in [3.63, 3.8) is 0 Å². The van der Waals surface area contributed by atoms with Crippen LogP contribution in [0, 0.1) is 6.92 Å². The van der Waals surface area contributed by atoms with Crippen LogP contribution in [-0.4, -0.2) is 84.4 Å². The first-order valence-corrected chi connectivity index (χ1v) is 10.4. The maximum absolute atomic E-state index is 12.7. The lowest BCUT2D eigenvalue weighted by Gasteiger charge is -2.35. The Morgan fingerprint density at radius 1 is 0.958 bits per heavy atom. The van der Waals surface area contributed by atoms with Crippen LogP contribution in [0.1, 0.15) is 25.1 Å². The molecular weight excluding hydrogens is 326 g/mol. The molecule has 1 aromatic heterocycles. The summed E-state index contributed by atoms with van der Waals surface area (Å²) in [6, 6.07) is 0. The Morgan fingerprint density at radius 2 is 1.54 bits per heavy atom. The van der Waals surface area contributed by atoms with E-state index in [1.54, 1.807) is 15.1 Å². The predicted molar refractivity (Wildman–Crippen MR) is 93.4 cm³/mol. The zero-order valence-electron chi connectivity index (χ0n) is 14.8. The second-order valence-electron chi connectivity index (χ2n) is 6.89. The summed E-state index contributed by atoms with van der Waals surface area (Å²) in [6.07, 6.45) is 5.60. The summed E-state index contributed by atoms with van der Waals surface area (Å²) in [5.41, 5.74) is 0. The van der Waals surface area contributed by atoms with Crippen LogP contribution in [0.5, 0.6) is 0 Å². The normalized spacial score (nSPS) is 22.1. The highest BCUT2D eigenvalue weighted by Gasteiger charge is 2.30. The molecule has 8 heteroatoms. The van der Waals surface area contributed by atoms with Crippen molar-refractivity contribution in [2.24, 2.45) is 7.05 Å². The average Bonchev–Trinajstić information content (AvgIpc) is 2.94. The molecule has 0 aromatic carbocycles. The molecular formula is C16H29N5O2S. The van der Waals surface area contributed by atoms with E-state index in [1.165, 1.54) is 32.4 Å². The maximum Gasteiger partial charge on any atom is 0.262 e. The zero-order chi connectivity index (χ0) is 17.2. The molecule has 0 bridgehead atoms. The molecule has 0 spiro atoms. The van der Waals surface area contributed by atoms with Gasteiger partial charge in [0.25, 0.3) is 10.0 Å². The molecule has 0 atom stereocenters. The molecule has 0 radical (unpaired) electrons. The summed E-state index contributed by atoms with van der Waals surface area (Å²) in [5.74, 6) is 0.716. The summed E-state index contributed by atoms with van der Waals surface area (Å²) in [7, 11) is -1.64. The van der Waals surface area contributed by atoms with Crippen molar-refractivity contribution in [1.29, 1.82) is 0 Å². The van der Waals surface area contributed by atoms with E-state index in [9.17, 15) is 8.42 Å². The molecule has 7 nitrogen and oxygen atoms in total. The lowest BCUT2D eigenvalue weighted by Crippen LogP contribution is -2.50. The molecule has 0 aliphatic carbocycles. The number of rotatable bonds is 5. The molecule has 0 saturated carbocycles. The number of imidazole rings is 1. The summed E-state index contributed by atoms with van der Waals surface area (Å²) in [6.45, 7) is 9.11. The SMILES string of the molecule is Cc1nc(S(=O)(=O)N2CCN(CCN3CCCCC3)CC2)cn1C. The fraction of sp³-hybridized carbons (Fsp3) is 0.812. The van der Waals surface area contributed by atoms with Crippen molar-refractivity contribution in [2.45, 2.75) is 31.2 Å². The Bertz CT molecular complexity index is 624.